The van der Waals surface area contributed by atoms with Gasteiger partial charge in [0.05, 0.1) is 19.4 Å². The van der Waals surface area contributed by atoms with Crippen LogP contribution in [0.25, 0.3) is 0 Å². The Labute approximate surface area is 125 Å². The maximum Gasteiger partial charge on any atom is 0.292 e. The molecule has 1 atom stereocenters. The Morgan fingerprint density at radius 1 is 1.43 bits per heavy atom. The summed E-state index contributed by atoms with van der Waals surface area (Å²) in [5, 5.41) is 3.63. The molecule has 0 N–H and O–H groups in total. The number of aromatic nitrogens is 1. The number of likely N-dealkylation sites (tertiary alicyclic amines) is 1. The molecule has 3 heterocycles. The summed E-state index contributed by atoms with van der Waals surface area (Å²) in [6.45, 7) is 8.24. The van der Waals surface area contributed by atoms with Crippen molar-refractivity contribution in [2.45, 2.75) is 19.8 Å². The van der Waals surface area contributed by atoms with Crippen molar-refractivity contribution in [3.8, 4) is 0 Å². The molecule has 21 heavy (non-hydrogen) atoms. The fraction of sp³-hybridized carbons (Fsp3) is 0.733. The van der Waals surface area contributed by atoms with E-state index in [0.717, 1.165) is 58.8 Å². The number of amides is 1. The lowest BCUT2D eigenvalue weighted by molar-refractivity contribution is 0.00616. The summed E-state index contributed by atoms with van der Waals surface area (Å²) in [6, 6.07) is 1.63. The molecule has 1 unspecified atom stereocenters. The van der Waals surface area contributed by atoms with Gasteiger partial charge < -0.3 is 19.1 Å². The summed E-state index contributed by atoms with van der Waals surface area (Å²) < 4.78 is 10.8. The van der Waals surface area contributed by atoms with Crippen LogP contribution in [0.5, 0.6) is 0 Å². The third-order valence-electron chi connectivity index (χ3n) is 4.56. The molecule has 0 radical (unpaired) electrons. The van der Waals surface area contributed by atoms with Gasteiger partial charge in [0.15, 0.2) is 0 Å². The van der Waals surface area contributed by atoms with Crippen LogP contribution in [-0.2, 0) is 4.74 Å². The van der Waals surface area contributed by atoms with Crippen molar-refractivity contribution in [3.05, 3.63) is 18.0 Å². The number of hydrogen-bond acceptors (Lipinski definition) is 5. The summed E-state index contributed by atoms with van der Waals surface area (Å²) >= 11 is 0. The largest absolute Gasteiger partial charge is 0.379 e. The van der Waals surface area contributed by atoms with E-state index in [9.17, 15) is 4.79 Å². The summed E-state index contributed by atoms with van der Waals surface area (Å²) in [5.41, 5.74) is 0.0560. The number of carbonyl (C=O) groups excluding carboxylic acids is 1. The van der Waals surface area contributed by atoms with Gasteiger partial charge in [-0.15, -0.1) is 0 Å². The minimum Gasteiger partial charge on any atom is -0.379 e. The molecule has 2 aliphatic rings. The first-order valence-corrected chi connectivity index (χ1v) is 7.72. The number of carbonyl (C=O) groups is 1. The molecule has 0 saturated carbocycles. The van der Waals surface area contributed by atoms with E-state index in [1.165, 1.54) is 6.20 Å². The fourth-order valence-corrected chi connectivity index (χ4v) is 3.46. The normalized spacial score (nSPS) is 27.8. The number of rotatable bonds is 2. The van der Waals surface area contributed by atoms with E-state index in [1.807, 2.05) is 4.90 Å². The summed E-state index contributed by atoms with van der Waals surface area (Å²) in [6.07, 6.45) is 3.64. The van der Waals surface area contributed by atoms with Gasteiger partial charge in [-0.1, -0.05) is 12.1 Å². The second-order valence-electron chi connectivity index (χ2n) is 6.13. The Hall–Kier alpha value is -1.40. The SMILES string of the molecule is CCN1CCOCC2(CCCN(C(=O)c3ccno3)C2)C1. The molecule has 2 saturated heterocycles. The number of piperidine rings is 1. The number of likely N-dealkylation sites (N-methyl/N-ethyl adjacent to an activating group) is 1. The standard InChI is InChI=1S/C15H23N3O3/c1-2-17-8-9-20-12-15(10-17)5-3-7-18(11-15)14(19)13-4-6-16-21-13/h4,6H,2-3,5,7-12H2,1H3. The molecule has 1 amide bonds. The third-order valence-corrected chi connectivity index (χ3v) is 4.56. The van der Waals surface area contributed by atoms with Crippen LogP contribution in [0, 0.1) is 5.41 Å². The Kier molecular flexibility index (Phi) is 4.26. The molecule has 3 rings (SSSR count). The highest BCUT2D eigenvalue weighted by Crippen LogP contribution is 2.33. The van der Waals surface area contributed by atoms with Gasteiger partial charge in [0.1, 0.15) is 0 Å². The van der Waals surface area contributed by atoms with Gasteiger partial charge in [-0.3, -0.25) is 4.79 Å². The molecule has 1 aromatic heterocycles. The minimum absolute atomic E-state index is 0.0560. The van der Waals surface area contributed by atoms with Crippen LogP contribution in [0.3, 0.4) is 0 Å². The van der Waals surface area contributed by atoms with Gasteiger partial charge in [0, 0.05) is 37.7 Å². The van der Waals surface area contributed by atoms with Gasteiger partial charge in [-0.05, 0) is 19.4 Å². The molecule has 1 aromatic rings. The lowest BCUT2D eigenvalue weighted by atomic mass is 9.80. The molecule has 2 fully saturated rings. The number of ether oxygens (including phenoxy) is 1. The second kappa shape index (κ2) is 6.15. The average molecular weight is 293 g/mol. The quantitative estimate of drug-likeness (QED) is 0.821. The first-order chi connectivity index (χ1) is 10.2. The van der Waals surface area contributed by atoms with Crippen LogP contribution >= 0.6 is 0 Å². The van der Waals surface area contributed by atoms with Crippen LogP contribution in [-0.4, -0.2) is 66.8 Å². The van der Waals surface area contributed by atoms with Gasteiger partial charge in [0.25, 0.3) is 5.91 Å². The molecule has 6 heteroatoms. The monoisotopic (exact) mass is 293 g/mol. The second-order valence-corrected chi connectivity index (χ2v) is 6.13. The number of nitrogens with zero attached hydrogens (tertiary/aromatic N) is 3. The topological polar surface area (TPSA) is 58.8 Å². The average Bonchev–Trinajstić information content (AvgIpc) is 2.97. The Morgan fingerprint density at radius 3 is 3.10 bits per heavy atom. The molecule has 1 spiro atoms. The van der Waals surface area contributed by atoms with Crippen LogP contribution in [0.4, 0.5) is 0 Å². The van der Waals surface area contributed by atoms with E-state index in [1.54, 1.807) is 6.07 Å². The van der Waals surface area contributed by atoms with Crippen molar-refractivity contribution >= 4 is 5.91 Å². The summed E-state index contributed by atoms with van der Waals surface area (Å²) in [5.74, 6) is 0.271. The minimum atomic E-state index is -0.0566. The molecule has 0 bridgehead atoms. The van der Waals surface area contributed by atoms with Crippen LogP contribution < -0.4 is 0 Å². The third kappa shape index (κ3) is 3.11. The maximum absolute atomic E-state index is 12.5. The van der Waals surface area contributed by atoms with Crippen molar-refractivity contribution in [1.29, 1.82) is 0 Å². The number of hydrogen-bond donors (Lipinski definition) is 0. The lowest BCUT2D eigenvalue weighted by Crippen LogP contribution is -2.52. The molecule has 6 nitrogen and oxygen atoms in total. The van der Waals surface area contributed by atoms with E-state index >= 15 is 0 Å². The molecule has 0 aliphatic carbocycles. The van der Waals surface area contributed by atoms with Crippen molar-refractivity contribution < 1.29 is 14.1 Å². The van der Waals surface area contributed by atoms with Crippen molar-refractivity contribution in [1.82, 2.24) is 15.0 Å². The zero-order valence-corrected chi connectivity index (χ0v) is 12.6. The van der Waals surface area contributed by atoms with E-state index in [0.29, 0.717) is 5.76 Å². The van der Waals surface area contributed by atoms with Crippen molar-refractivity contribution in [3.63, 3.8) is 0 Å². The zero-order chi connectivity index (χ0) is 14.7. The van der Waals surface area contributed by atoms with Crippen molar-refractivity contribution in [2.75, 3.05) is 45.9 Å². The van der Waals surface area contributed by atoms with Gasteiger partial charge in [0.2, 0.25) is 5.76 Å². The van der Waals surface area contributed by atoms with Crippen LogP contribution in [0.2, 0.25) is 0 Å². The van der Waals surface area contributed by atoms with E-state index in [4.69, 9.17) is 9.26 Å². The predicted molar refractivity (Wildman–Crippen MR) is 77.0 cm³/mol. The first-order valence-electron chi connectivity index (χ1n) is 7.72. The zero-order valence-electron chi connectivity index (χ0n) is 12.6. The van der Waals surface area contributed by atoms with E-state index < -0.39 is 0 Å². The highest BCUT2D eigenvalue weighted by molar-refractivity contribution is 5.91. The van der Waals surface area contributed by atoms with Gasteiger partial charge >= 0.3 is 0 Å². The highest BCUT2D eigenvalue weighted by Gasteiger charge is 2.40. The Morgan fingerprint density at radius 2 is 2.33 bits per heavy atom. The highest BCUT2D eigenvalue weighted by atomic mass is 16.5. The van der Waals surface area contributed by atoms with Gasteiger partial charge in [-0.25, -0.2) is 0 Å². The summed E-state index contributed by atoms with van der Waals surface area (Å²) in [7, 11) is 0. The van der Waals surface area contributed by atoms with Crippen LogP contribution in [0.1, 0.15) is 30.3 Å². The molecular formula is C15H23N3O3. The van der Waals surface area contributed by atoms with E-state index in [-0.39, 0.29) is 11.3 Å². The van der Waals surface area contributed by atoms with Crippen molar-refractivity contribution in [2.24, 2.45) is 5.41 Å². The van der Waals surface area contributed by atoms with E-state index in [2.05, 4.69) is 17.0 Å². The predicted octanol–water partition coefficient (Wildman–Crippen LogP) is 1.25. The summed E-state index contributed by atoms with van der Waals surface area (Å²) in [4.78, 5) is 16.8. The maximum atomic E-state index is 12.5. The fourth-order valence-electron chi connectivity index (χ4n) is 3.46. The first kappa shape index (κ1) is 14.5. The van der Waals surface area contributed by atoms with Gasteiger partial charge in [-0.2, -0.15) is 0 Å². The molecule has 0 aromatic carbocycles. The lowest BCUT2D eigenvalue weighted by Gasteiger charge is -2.43. The van der Waals surface area contributed by atoms with Crippen LogP contribution in [0.15, 0.2) is 16.8 Å². The smallest absolute Gasteiger partial charge is 0.292 e. The molecule has 116 valence electrons. The Bertz CT molecular complexity index is 477. The molecular weight excluding hydrogens is 270 g/mol. The molecule has 2 aliphatic heterocycles. The Balaban J connectivity index is 1.73.